The molecule has 2 heterocycles. The first-order valence-corrected chi connectivity index (χ1v) is 7.41. The van der Waals surface area contributed by atoms with Crippen LogP contribution in [0.15, 0.2) is 39.8 Å². The third-order valence-corrected chi connectivity index (χ3v) is 4.51. The minimum absolute atomic E-state index is 0.168. The van der Waals surface area contributed by atoms with Gasteiger partial charge in [0.15, 0.2) is 5.76 Å². The molecule has 3 rings (SSSR count). The SMILES string of the molecule is Cc1ccoc1C(=O)NC1CCSc2ccc(F)cc21. The van der Waals surface area contributed by atoms with E-state index in [1.165, 1.54) is 18.4 Å². The van der Waals surface area contributed by atoms with Crippen molar-refractivity contribution in [2.45, 2.75) is 24.3 Å². The van der Waals surface area contributed by atoms with E-state index in [0.29, 0.717) is 5.76 Å². The molecule has 1 unspecified atom stereocenters. The number of furan rings is 1. The van der Waals surface area contributed by atoms with E-state index in [1.54, 1.807) is 23.9 Å². The molecule has 3 nitrogen and oxygen atoms in total. The predicted octanol–water partition coefficient (Wildman–Crippen LogP) is 3.69. The number of aryl methyl sites for hydroxylation is 1. The van der Waals surface area contributed by atoms with Crippen molar-refractivity contribution in [2.75, 3.05) is 5.75 Å². The number of rotatable bonds is 2. The Bertz CT molecular complexity index is 653. The highest BCUT2D eigenvalue weighted by Crippen LogP contribution is 2.36. The van der Waals surface area contributed by atoms with E-state index in [4.69, 9.17) is 4.42 Å². The van der Waals surface area contributed by atoms with Gasteiger partial charge < -0.3 is 9.73 Å². The molecular formula is C15H14FNO2S. The standard InChI is InChI=1S/C15H14FNO2S/c1-9-4-6-19-14(9)15(18)17-12-5-7-20-13-3-2-10(16)8-11(12)13/h2-4,6,8,12H,5,7H2,1H3,(H,17,18). The van der Waals surface area contributed by atoms with Crippen molar-refractivity contribution in [3.8, 4) is 0 Å². The molecule has 0 saturated carbocycles. The van der Waals surface area contributed by atoms with Gasteiger partial charge in [0.25, 0.3) is 5.91 Å². The van der Waals surface area contributed by atoms with Crippen LogP contribution < -0.4 is 5.32 Å². The Morgan fingerprint density at radius 1 is 1.45 bits per heavy atom. The van der Waals surface area contributed by atoms with Gasteiger partial charge in [-0.1, -0.05) is 0 Å². The molecule has 0 spiro atoms. The molecule has 0 bridgehead atoms. The number of carbonyl (C=O) groups excluding carboxylic acids is 1. The molecule has 1 aromatic carbocycles. The molecule has 1 atom stereocenters. The Kier molecular flexibility index (Phi) is 3.53. The zero-order valence-electron chi connectivity index (χ0n) is 11.0. The molecule has 1 amide bonds. The number of carbonyl (C=O) groups is 1. The number of fused-ring (bicyclic) bond motifs is 1. The van der Waals surface area contributed by atoms with Gasteiger partial charge in [-0.15, -0.1) is 11.8 Å². The van der Waals surface area contributed by atoms with E-state index in [0.717, 1.165) is 28.2 Å². The van der Waals surface area contributed by atoms with Gasteiger partial charge in [-0.3, -0.25) is 4.79 Å². The summed E-state index contributed by atoms with van der Waals surface area (Å²) in [5.41, 5.74) is 1.64. The topological polar surface area (TPSA) is 42.2 Å². The molecule has 0 saturated heterocycles. The number of hydrogen-bond acceptors (Lipinski definition) is 3. The number of benzene rings is 1. The van der Waals surface area contributed by atoms with Crippen LogP contribution in [0.5, 0.6) is 0 Å². The maximum atomic E-state index is 13.4. The highest BCUT2D eigenvalue weighted by Gasteiger charge is 2.24. The highest BCUT2D eigenvalue weighted by molar-refractivity contribution is 7.99. The molecule has 1 aromatic heterocycles. The van der Waals surface area contributed by atoms with E-state index in [-0.39, 0.29) is 17.8 Å². The summed E-state index contributed by atoms with van der Waals surface area (Å²) in [6.45, 7) is 1.82. The Morgan fingerprint density at radius 2 is 2.30 bits per heavy atom. The van der Waals surface area contributed by atoms with Crippen molar-refractivity contribution in [1.29, 1.82) is 0 Å². The Labute approximate surface area is 120 Å². The number of hydrogen-bond donors (Lipinski definition) is 1. The van der Waals surface area contributed by atoms with Crippen LogP contribution in [0.1, 0.15) is 34.1 Å². The first-order valence-electron chi connectivity index (χ1n) is 6.42. The Hall–Kier alpha value is -1.75. The van der Waals surface area contributed by atoms with E-state index in [2.05, 4.69) is 5.32 Å². The van der Waals surface area contributed by atoms with E-state index in [9.17, 15) is 9.18 Å². The minimum atomic E-state index is -0.278. The quantitative estimate of drug-likeness (QED) is 0.917. The van der Waals surface area contributed by atoms with Crippen molar-refractivity contribution >= 4 is 17.7 Å². The predicted molar refractivity (Wildman–Crippen MR) is 75.4 cm³/mol. The van der Waals surface area contributed by atoms with Crippen molar-refractivity contribution in [3.05, 3.63) is 53.2 Å². The zero-order valence-corrected chi connectivity index (χ0v) is 11.8. The average Bonchev–Trinajstić information content (AvgIpc) is 2.86. The summed E-state index contributed by atoms with van der Waals surface area (Å²) in [7, 11) is 0. The highest BCUT2D eigenvalue weighted by atomic mass is 32.2. The number of thioether (sulfide) groups is 1. The molecule has 1 N–H and O–H groups in total. The van der Waals surface area contributed by atoms with Crippen LogP contribution in [0.3, 0.4) is 0 Å². The molecule has 1 aliphatic heterocycles. The molecule has 0 radical (unpaired) electrons. The van der Waals surface area contributed by atoms with Gasteiger partial charge in [-0.25, -0.2) is 4.39 Å². The summed E-state index contributed by atoms with van der Waals surface area (Å²) in [6.07, 6.45) is 2.28. The van der Waals surface area contributed by atoms with Crippen molar-refractivity contribution in [2.24, 2.45) is 0 Å². The smallest absolute Gasteiger partial charge is 0.287 e. The molecule has 2 aromatic rings. The summed E-state index contributed by atoms with van der Waals surface area (Å²) >= 11 is 1.69. The molecule has 0 fully saturated rings. The van der Waals surface area contributed by atoms with Crippen LogP contribution in [0.4, 0.5) is 4.39 Å². The lowest BCUT2D eigenvalue weighted by Crippen LogP contribution is -2.30. The van der Waals surface area contributed by atoms with Gasteiger partial charge in [-0.05, 0) is 43.2 Å². The van der Waals surface area contributed by atoms with Gasteiger partial charge >= 0.3 is 0 Å². The lowest BCUT2D eigenvalue weighted by atomic mass is 10.0. The number of halogens is 1. The molecular weight excluding hydrogens is 277 g/mol. The summed E-state index contributed by atoms with van der Waals surface area (Å²) in [5.74, 6) is 0.696. The van der Waals surface area contributed by atoms with Gasteiger partial charge in [-0.2, -0.15) is 0 Å². The van der Waals surface area contributed by atoms with Gasteiger partial charge in [0.05, 0.1) is 12.3 Å². The zero-order chi connectivity index (χ0) is 14.1. The van der Waals surface area contributed by atoms with Crippen molar-refractivity contribution in [3.63, 3.8) is 0 Å². The van der Waals surface area contributed by atoms with Crippen LogP contribution >= 0.6 is 11.8 Å². The van der Waals surface area contributed by atoms with E-state index in [1.807, 2.05) is 6.92 Å². The molecule has 0 aliphatic carbocycles. The fourth-order valence-electron chi connectivity index (χ4n) is 2.34. The summed E-state index contributed by atoms with van der Waals surface area (Å²) in [4.78, 5) is 13.2. The van der Waals surface area contributed by atoms with Gasteiger partial charge in [0.2, 0.25) is 0 Å². The fourth-order valence-corrected chi connectivity index (χ4v) is 3.45. The molecule has 104 valence electrons. The molecule has 5 heteroatoms. The second-order valence-corrected chi connectivity index (χ2v) is 5.91. The van der Waals surface area contributed by atoms with E-state index < -0.39 is 0 Å². The maximum Gasteiger partial charge on any atom is 0.287 e. The van der Waals surface area contributed by atoms with Crippen molar-refractivity contribution < 1.29 is 13.6 Å². The van der Waals surface area contributed by atoms with Crippen LogP contribution in [-0.2, 0) is 0 Å². The Balaban J connectivity index is 1.85. The number of amides is 1. The third kappa shape index (κ3) is 2.45. The van der Waals surface area contributed by atoms with Crippen LogP contribution in [0.2, 0.25) is 0 Å². The first-order chi connectivity index (χ1) is 9.65. The van der Waals surface area contributed by atoms with Gasteiger partial charge in [0, 0.05) is 16.2 Å². The van der Waals surface area contributed by atoms with Crippen LogP contribution in [0, 0.1) is 12.7 Å². The van der Waals surface area contributed by atoms with Crippen LogP contribution in [-0.4, -0.2) is 11.7 Å². The normalized spacial score (nSPS) is 17.6. The lowest BCUT2D eigenvalue weighted by Gasteiger charge is -2.25. The molecule has 1 aliphatic rings. The van der Waals surface area contributed by atoms with Gasteiger partial charge in [0.1, 0.15) is 5.82 Å². The van der Waals surface area contributed by atoms with Crippen LogP contribution in [0.25, 0.3) is 0 Å². The minimum Gasteiger partial charge on any atom is -0.459 e. The molecule has 20 heavy (non-hydrogen) atoms. The lowest BCUT2D eigenvalue weighted by molar-refractivity contribution is 0.0906. The first kappa shape index (κ1) is 13.2. The van der Waals surface area contributed by atoms with Crippen molar-refractivity contribution in [1.82, 2.24) is 5.32 Å². The second kappa shape index (κ2) is 5.32. The summed E-state index contributed by atoms with van der Waals surface area (Å²) in [5, 5.41) is 2.93. The second-order valence-electron chi connectivity index (χ2n) is 4.78. The monoisotopic (exact) mass is 291 g/mol. The third-order valence-electron chi connectivity index (χ3n) is 3.38. The Morgan fingerprint density at radius 3 is 3.05 bits per heavy atom. The average molecular weight is 291 g/mol. The van der Waals surface area contributed by atoms with E-state index >= 15 is 0 Å². The largest absolute Gasteiger partial charge is 0.459 e. The fraction of sp³-hybridized carbons (Fsp3) is 0.267. The summed E-state index contributed by atoms with van der Waals surface area (Å²) in [6, 6.07) is 6.30. The summed E-state index contributed by atoms with van der Waals surface area (Å²) < 4.78 is 18.6. The number of nitrogens with one attached hydrogen (secondary N) is 1. The maximum absolute atomic E-state index is 13.4.